The molecule has 1 amide bonds. The van der Waals surface area contributed by atoms with E-state index < -0.39 is 0 Å². The van der Waals surface area contributed by atoms with Gasteiger partial charge in [-0.05, 0) is 18.5 Å². The smallest absolute Gasteiger partial charge is 0.233 e. The molecule has 1 aromatic carbocycles. The summed E-state index contributed by atoms with van der Waals surface area (Å²) in [6.07, 6.45) is 0.992. The number of benzene rings is 1. The van der Waals surface area contributed by atoms with Gasteiger partial charge in [0.05, 0.1) is 6.54 Å². The van der Waals surface area contributed by atoms with Gasteiger partial charge in [-0.2, -0.15) is 0 Å². The Morgan fingerprint density at radius 1 is 1.42 bits per heavy atom. The summed E-state index contributed by atoms with van der Waals surface area (Å²) >= 11 is 5.06. The summed E-state index contributed by atoms with van der Waals surface area (Å²) < 4.78 is 0. The van der Waals surface area contributed by atoms with Crippen LogP contribution in [0.1, 0.15) is 24.5 Å². The standard InChI is InChI=1S/C14H21N3OS/c1-3-8-17(10-13(18)16-2)9-11-6-4-5-7-12(11)14(15)19/h4-7H,3,8-10H2,1-2H3,(H2,15,19)(H,16,18). The first kappa shape index (κ1) is 15.6. The van der Waals surface area contributed by atoms with Gasteiger partial charge in [0.2, 0.25) is 5.91 Å². The molecule has 0 aliphatic heterocycles. The van der Waals surface area contributed by atoms with E-state index in [-0.39, 0.29) is 5.91 Å². The summed E-state index contributed by atoms with van der Waals surface area (Å²) in [5, 5.41) is 2.65. The molecule has 0 radical (unpaired) electrons. The SMILES string of the molecule is CCCN(CC(=O)NC)Cc1ccccc1C(N)=S. The van der Waals surface area contributed by atoms with Gasteiger partial charge in [-0.25, -0.2) is 0 Å². The van der Waals surface area contributed by atoms with Crippen LogP contribution in [0.4, 0.5) is 0 Å². The number of hydrogen-bond donors (Lipinski definition) is 2. The van der Waals surface area contributed by atoms with Crippen LogP contribution in [0.2, 0.25) is 0 Å². The summed E-state index contributed by atoms with van der Waals surface area (Å²) in [5.74, 6) is 0.0151. The molecule has 0 aliphatic carbocycles. The molecule has 0 aliphatic rings. The first-order valence-electron chi connectivity index (χ1n) is 6.39. The molecule has 4 nitrogen and oxygen atoms in total. The largest absolute Gasteiger partial charge is 0.389 e. The van der Waals surface area contributed by atoms with Crippen molar-refractivity contribution in [2.45, 2.75) is 19.9 Å². The van der Waals surface area contributed by atoms with E-state index in [4.69, 9.17) is 18.0 Å². The summed E-state index contributed by atoms with van der Waals surface area (Å²) in [5.41, 5.74) is 7.67. The molecule has 0 bridgehead atoms. The number of likely N-dealkylation sites (N-methyl/N-ethyl adjacent to an activating group) is 1. The Morgan fingerprint density at radius 2 is 2.11 bits per heavy atom. The Morgan fingerprint density at radius 3 is 2.68 bits per heavy atom. The van der Waals surface area contributed by atoms with Gasteiger partial charge in [0.25, 0.3) is 0 Å². The minimum atomic E-state index is 0.0151. The topological polar surface area (TPSA) is 58.4 Å². The number of nitrogens with two attached hydrogens (primary N) is 1. The third-order valence-electron chi connectivity index (χ3n) is 2.86. The molecule has 1 aromatic rings. The lowest BCUT2D eigenvalue weighted by Crippen LogP contribution is -2.36. The van der Waals surface area contributed by atoms with Crippen LogP contribution in [0.3, 0.4) is 0 Å². The predicted octanol–water partition coefficient (Wildman–Crippen LogP) is 1.28. The highest BCUT2D eigenvalue weighted by molar-refractivity contribution is 7.80. The van der Waals surface area contributed by atoms with Crippen molar-refractivity contribution in [3.63, 3.8) is 0 Å². The van der Waals surface area contributed by atoms with E-state index in [1.165, 1.54) is 0 Å². The number of hydrogen-bond acceptors (Lipinski definition) is 3. The molecule has 0 aromatic heterocycles. The molecular formula is C14H21N3OS. The second kappa shape index (κ2) is 7.86. The van der Waals surface area contributed by atoms with E-state index >= 15 is 0 Å². The highest BCUT2D eigenvalue weighted by atomic mass is 32.1. The van der Waals surface area contributed by atoms with Crippen molar-refractivity contribution in [2.24, 2.45) is 5.73 Å². The number of nitrogens with one attached hydrogen (secondary N) is 1. The Labute approximate surface area is 120 Å². The van der Waals surface area contributed by atoms with Crippen LogP contribution < -0.4 is 11.1 Å². The summed E-state index contributed by atoms with van der Waals surface area (Å²) in [4.78, 5) is 14.0. The van der Waals surface area contributed by atoms with Gasteiger partial charge >= 0.3 is 0 Å². The van der Waals surface area contributed by atoms with Crippen LogP contribution in [0.25, 0.3) is 0 Å². The number of rotatable bonds is 7. The van der Waals surface area contributed by atoms with E-state index in [0.29, 0.717) is 18.1 Å². The highest BCUT2D eigenvalue weighted by Gasteiger charge is 2.12. The van der Waals surface area contributed by atoms with Crippen molar-refractivity contribution in [2.75, 3.05) is 20.1 Å². The summed E-state index contributed by atoms with van der Waals surface area (Å²) in [6, 6.07) is 7.80. The van der Waals surface area contributed by atoms with Crippen LogP contribution in [0.5, 0.6) is 0 Å². The molecule has 3 N–H and O–H groups in total. The second-order valence-electron chi connectivity index (χ2n) is 4.41. The molecule has 0 heterocycles. The summed E-state index contributed by atoms with van der Waals surface area (Å²) in [6.45, 7) is 4.01. The summed E-state index contributed by atoms with van der Waals surface area (Å²) in [7, 11) is 1.65. The fraction of sp³-hybridized carbons (Fsp3) is 0.429. The van der Waals surface area contributed by atoms with Crippen molar-refractivity contribution in [1.82, 2.24) is 10.2 Å². The van der Waals surface area contributed by atoms with E-state index in [2.05, 4.69) is 17.1 Å². The quantitative estimate of drug-likeness (QED) is 0.738. The number of carbonyl (C=O) groups is 1. The van der Waals surface area contributed by atoms with Crippen LogP contribution in [0.15, 0.2) is 24.3 Å². The van der Waals surface area contributed by atoms with E-state index in [9.17, 15) is 4.79 Å². The third kappa shape index (κ3) is 4.96. The van der Waals surface area contributed by atoms with E-state index in [1.807, 2.05) is 24.3 Å². The molecule has 1 rings (SSSR count). The molecule has 0 fully saturated rings. The first-order chi connectivity index (χ1) is 9.08. The maximum atomic E-state index is 11.5. The van der Waals surface area contributed by atoms with Gasteiger partial charge in [0.1, 0.15) is 4.99 Å². The lowest BCUT2D eigenvalue weighted by Gasteiger charge is -2.22. The number of carbonyl (C=O) groups excluding carboxylic acids is 1. The Balaban J connectivity index is 2.84. The maximum absolute atomic E-state index is 11.5. The van der Waals surface area contributed by atoms with Gasteiger partial charge < -0.3 is 11.1 Å². The second-order valence-corrected chi connectivity index (χ2v) is 4.85. The molecule has 0 saturated carbocycles. The van der Waals surface area contributed by atoms with Gasteiger partial charge in [0.15, 0.2) is 0 Å². The van der Waals surface area contributed by atoms with Crippen molar-refractivity contribution < 1.29 is 4.79 Å². The lowest BCUT2D eigenvalue weighted by atomic mass is 10.1. The zero-order chi connectivity index (χ0) is 14.3. The van der Waals surface area contributed by atoms with Gasteiger partial charge in [-0.3, -0.25) is 9.69 Å². The zero-order valence-corrected chi connectivity index (χ0v) is 12.3. The minimum absolute atomic E-state index is 0.0151. The Bertz CT molecular complexity index is 448. The van der Waals surface area contributed by atoms with Gasteiger partial charge in [-0.1, -0.05) is 43.4 Å². The molecule has 0 atom stereocenters. The number of thiocarbonyl (C=S) groups is 1. The van der Waals surface area contributed by atoms with Crippen LogP contribution in [-0.4, -0.2) is 35.9 Å². The average molecular weight is 279 g/mol. The molecule has 0 unspecified atom stereocenters. The zero-order valence-electron chi connectivity index (χ0n) is 11.5. The number of amides is 1. The minimum Gasteiger partial charge on any atom is -0.389 e. The Kier molecular flexibility index (Phi) is 6.45. The lowest BCUT2D eigenvalue weighted by molar-refractivity contribution is -0.121. The normalized spacial score (nSPS) is 10.5. The van der Waals surface area contributed by atoms with Crippen molar-refractivity contribution in [3.8, 4) is 0 Å². The highest BCUT2D eigenvalue weighted by Crippen LogP contribution is 2.12. The van der Waals surface area contributed by atoms with E-state index in [1.54, 1.807) is 7.05 Å². The first-order valence-corrected chi connectivity index (χ1v) is 6.80. The number of nitrogens with zero attached hydrogens (tertiary/aromatic N) is 1. The Hall–Kier alpha value is -1.46. The van der Waals surface area contributed by atoms with Crippen LogP contribution in [0, 0.1) is 0 Å². The van der Waals surface area contributed by atoms with Crippen LogP contribution >= 0.6 is 12.2 Å². The van der Waals surface area contributed by atoms with Gasteiger partial charge in [-0.15, -0.1) is 0 Å². The average Bonchev–Trinajstić information content (AvgIpc) is 2.39. The fourth-order valence-corrected chi connectivity index (χ4v) is 2.15. The monoisotopic (exact) mass is 279 g/mol. The van der Waals surface area contributed by atoms with Crippen LogP contribution in [-0.2, 0) is 11.3 Å². The molecule has 104 valence electrons. The maximum Gasteiger partial charge on any atom is 0.233 e. The van der Waals surface area contributed by atoms with Crippen molar-refractivity contribution >= 4 is 23.1 Å². The van der Waals surface area contributed by atoms with Crippen molar-refractivity contribution in [3.05, 3.63) is 35.4 Å². The van der Waals surface area contributed by atoms with Gasteiger partial charge in [0, 0.05) is 19.2 Å². The van der Waals surface area contributed by atoms with Crippen molar-refractivity contribution in [1.29, 1.82) is 0 Å². The predicted molar refractivity (Wildman–Crippen MR) is 82.0 cm³/mol. The molecule has 19 heavy (non-hydrogen) atoms. The fourth-order valence-electron chi connectivity index (χ4n) is 1.95. The molecule has 0 saturated heterocycles. The molecular weight excluding hydrogens is 258 g/mol. The third-order valence-corrected chi connectivity index (χ3v) is 3.08. The molecule has 0 spiro atoms. The molecule has 5 heteroatoms. The van der Waals surface area contributed by atoms with E-state index in [0.717, 1.165) is 24.1 Å².